The molecule has 0 radical (unpaired) electrons. The Bertz CT molecular complexity index is 551. The van der Waals surface area contributed by atoms with Gasteiger partial charge in [0.1, 0.15) is 5.15 Å². The van der Waals surface area contributed by atoms with Crippen LogP contribution in [0.1, 0.15) is 32.4 Å². The number of hydrogen-bond acceptors (Lipinski definition) is 2. The molecule has 0 aromatic carbocycles. The van der Waals surface area contributed by atoms with Crippen molar-refractivity contribution in [3.63, 3.8) is 0 Å². The fraction of sp³-hybridized carbons (Fsp3) is 0.688. The van der Waals surface area contributed by atoms with Crippen LogP contribution in [0.5, 0.6) is 0 Å². The van der Waals surface area contributed by atoms with E-state index in [9.17, 15) is 0 Å². The molecule has 1 atom stereocenters. The Morgan fingerprint density at radius 2 is 2.13 bits per heavy atom. The maximum Gasteiger partial charge on any atom is 0.191 e. The molecule has 1 aliphatic carbocycles. The van der Waals surface area contributed by atoms with E-state index >= 15 is 0 Å². The van der Waals surface area contributed by atoms with Gasteiger partial charge < -0.3 is 15.2 Å². The lowest BCUT2D eigenvalue weighted by atomic mass is 10.3. The van der Waals surface area contributed by atoms with Gasteiger partial charge in [-0.25, -0.2) is 4.99 Å². The average molecular weight is 360 g/mol. The van der Waals surface area contributed by atoms with E-state index in [1.807, 2.05) is 17.7 Å². The predicted octanol–water partition coefficient (Wildman–Crippen LogP) is 2.87. The number of halogens is 2. The molecule has 2 rings (SSSR count). The maximum atomic E-state index is 6.09. The Morgan fingerprint density at radius 1 is 1.43 bits per heavy atom. The third-order valence-electron chi connectivity index (χ3n) is 4.34. The standard InChI is InChI=1S/C16H27Cl2N5/c1-5-19-16(20-9-11(2)22(3)12-6-7-12)21-10-13-8-14(17)15(18)23(13)4/h8,11-12H,5-7,9-10H2,1-4H3,(H2,19,20,21). The highest BCUT2D eigenvalue weighted by atomic mass is 35.5. The van der Waals surface area contributed by atoms with E-state index in [1.165, 1.54) is 12.8 Å². The van der Waals surface area contributed by atoms with Crippen molar-refractivity contribution in [2.45, 2.75) is 45.3 Å². The van der Waals surface area contributed by atoms with E-state index in [0.717, 1.165) is 30.8 Å². The van der Waals surface area contributed by atoms with Gasteiger partial charge in [-0.3, -0.25) is 4.90 Å². The normalized spacial score (nSPS) is 16.7. The van der Waals surface area contributed by atoms with Crippen LogP contribution in [-0.2, 0) is 13.6 Å². The van der Waals surface area contributed by atoms with Crippen molar-refractivity contribution in [1.29, 1.82) is 0 Å². The number of nitrogens with one attached hydrogen (secondary N) is 2. The van der Waals surface area contributed by atoms with Gasteiger partial charge >= 0.3 is 0 Å². The summed E-state index contributed by atoms with van der Waals surface area (Å²) in [5.41, 5.74) is 0.986. The number of nitrogens with zero attached hydrogens (tertiary/aromatic N) is 3. The van der Waals surface area contributed by atoms with Crippen molar-refractivity contribution in [3.8, 4) is 0 Å². The molecular weight excluding hydrogens is 333 g/mol. The lowest BCUT2D eigenvalue weighted by Gasteiger charge is -2.25. The predicted molar refractivity (Wildman–Crippen MR) is 98.5 cm³/mol. The first-order chi connectivity index (χ1) is 10.9. The highest BCUT2D eigenvalue weighted by molar-refractivity contribution is 6.41. The summed E-state index contributed by atoms with van der Waals surface area (Å²) >= 11 is 12.1. The van der Waals surface area contributed by atoms with Gasteiger partial charge in [-0.1, -0.05) is 23.2 Å². The number of hydrogen-bond donors (Lipinski definition) is 2. The van der Waals surface area contributed by atoms with Gasteiger partial charge in [0, 0.05) is 37.9 Å². The zero-order valence-electron chi connectivity index (χ0n) is 14.4. The monoisotopic (exact) mass is 359 g/mol. The summed E-state index contributed by atoms with van der Waals surface area (Å²) < 4.78 is 1.86. The van der Waals surface area contributed by atoms with Crippen LogP contribution in [0.3, 0.4) is 0 Å². The molecule has 1 saturated carbocycles. The minimum Gasteiger partial charge on any atom is -0.357 e. The Balaban J connectivity index is 1.92. The smallest absolute Gasteiger partial charge is 0.191 e. The Morgan fingerprint density at radius 3 is 2.65 bits per heavy atom. The fourth-order valence-electron chi connectivity index (χ4n) is 2.47. The van der Waals surface area contributed by atoms with E-state index in [4.69, 9.17) is 23.2 Å². The first kappa shape index (κ1) is 18.4. The van der Waals surface area contributed by atoms with Crippen LogP contribution in [0.2, 0.25) is 10.2 Å². The van der Waals surface area contributed by atoms with Gasteiger partial charge in [-0.05, 0) is 39.8 Å². The second-order valence-corrected chi connectivity index (χ2v) is 6.92. The summed E-state index contributed by atoms with van der Waals surface area (Å²) in [7, 11) is 4.09. The van der Waals surface area contributed by atoms with Crippen molar-refractivity contribution < 1.29 is 0 Å². The summed E-state index contributed by atoms with van der Waals surface area (Å²) in [6.07, 6.45) is 2.65. The number of aliphatic imine (C=N–C) groups is 1. The molecule has 1 aromatic heterocycles. The van der Waals surface area contributed by atoms with E-state index in [0.29, 0.717) is 22.8 Å². The molecule has 2 N–H and O–H groups in total. The highest BCUT2D eigenvalue weighted by Gasteiger charge is 2.28. The first-order valence-corrected chi connectivity index (χ1v) is 8.93. The van der Waals surface area contributed by atoms with Crippen molar-refractivity contribution in [1.82, 2.24) is 20.1 Å². The molecule has 1 aromatic rings. The third kappa shape index (κ3) is 5.03. The van der Waals surface area contributed by atoms with Crippen molar-refractivity contribution in [3.05, 3.63) is 21.9 Å². The van der Waals surface area contributed by atoms with Crippen LogP contribution in [0.15, 0.2) is 11.1 Å². The topological polar surface area (TPSA) is 44.6 Å². The van der Waals surface area contributed by atoms with Crippen molar-refractivity contribution >= 4 is 29.2 Å². The second kappa shape index (κ2) is 8.27. The molecule has 130 valence electrons. The summed E-state index contributed by atoms with van der Waals surface area (Å²) in [6.45, 7) is 6.53. The zero-order chi connectivity index (χ0) is 17.0. The Labute approximate surface area is 149 Å². The number of guanidine groups is 1. The van der Waals surface area contributed by atoms with E-state index in [1.54, 1.807) is 0 Å². The van der Waals surface area contributed by atoms with E-state index < -0.39 is 0 Å². The molecule has 1 fully saturated rings. The molecule has 1 unspecified atom stereocenters. The van der Waals surface area contributed by atoms with Gasteiger partial charge in [0.2, 0.25) is 0 Å². The molecule has 0 saturated heterocycles. The van der Waals surface area contributed by atoms with Crippen LogP contribution in [0.25, 0.3) is 0 Å². The van der Waals surface area contributed by atoms with Crippen LogP contribution >= 0.6 is 23.2 Å². The molecular formula is C16H27Cl2N5. The molecule has 0 bridgehead atoms. The highest BCUT2D eigenvalue weighted by Crippen LogP contribution is 2.27. The molecule has 0 amide bonds. The van der Waals surface area contributed by atoms with E-state index in [-0.39, 0.29) is 0 Å². The molecule has 7 heteroatoms. The minimum absolute atomic E-state index is 0.477. The first-order valence-electron chi connectivity index (χ1n) is 8.17. The Kier molecular flexibility index (Phi) is 6.62. The Hall–Kier alpha value is -0.910. The lowest BCUT2D eigenvalue weighted by molar-refractivity contribution is 0.247. The second-order valence-electron chi connectivity index (χ2n) is 6.16. The van der Waals surface area contributed by atoms with Gasteiger partial charge in [-0.2, -0.15) is 0 Å². The average Bonchev–Trinajstić information content (AvgIpc) is 3.34. The molecule has 5 nitrogen and oxygen atoms in total. The SMILES string of the molecule is CCNC(=NCc1cc(Cl)c(Cl)n1C)NCC(C)N(C)C1CC1. The molecule has 1 aliphatic rings. The van der Waals surface area contributed by atoms with Gasteiger partial charge in [0.15, 0.2) is 5.96 Å². The molecule has 23 heavy (non-hydrogen) atoms. The van der Waals surface area contributed by atoms with Crippen LogP contribution in [0, 0.1) is 0 Å². The summed E-state index contributed by atoms with van der Waals surface area (Å²) in [6, 6.07) is 3.10. The van der Waals surface area contributed by atoms with Crippen molar-refractivity contribution in [2.75, 3.05) is 20.1 Å². The largest absolute Gasteiger partial charge is 0.357 e. The van der Waals surface area contributed by atoms with Gasteiger partial charge in [0.25, 0.3) is 0 Å². The summed E-state index contributed by atoms with van der Waals surface area (Å²) in [5.74, 6) is 0.817. The molecule has 0 spiro atoms. The summed E-state index contributed by atoms with van der Waals surface area (Å²) in [4.78, 5) is 7.07. The zero-order valence-corrected chi connectivity index (χ0v) is 15.9. The third-order valence-corrected chi connectivity index (χ3v) is 5.18. The molecule has 0 aliphatic heterocycles. The fourth-order valence-corrected chi connectivity index (χ4v) is 2.89. The summed E-state index contributed by atoms with van der Waals surface area (Å²) in [5, 5.41) is 7.81. The number of likely N-dealkylation sites (N-methyl/N-ethyl adjacent to an activating group) is 1. The van der Waals surface area contributed by atoms with Crippen LogP contribution in [-0.4, -0.2) is 47.6 Å². The minimum atomic E-state index is 0.477. The van der Waals surface area contributed by atoms with Crippen molar-refractivity contribution in [2.24, 2.45) is 12.0 Å². The van der Waals surface area contributed by atoms with Gasteiger partial charge in [-0.15, -0.1) is 0 Å². The molecule has 1 heterocycles. The lowest BCUT2D eigenvalue weighted by Crippen LogP contribution is -2.45. The van der Waals surface area contributed by atoms with Crippen LogP contribution < -0.4 is 10.6 Å². The maximum absolute atomic E-state index is 6.09. The van der Waals surface area contributed by atoms with Crippen LogP contribution in [0.4, 0.5) is 0 Å². The van der Waals surface area contributed by atoms with Gasteiger partial charge in [0.05, 0.1) is 11.6 Å². The number of rotatable bonds is 7. The quantitative estimate of drug-likeness (QED) is 0.581. The van der Waals surface area contributed by atoms with E-state index in [2.05, 4.69) is 41.4 Å². The number of aromatic nitrogens is 1.